The minimum Gasteiger partial charge on any atom is -0.354 e. The van der Waals surface area contributed by atoms with Crippen molar-refractivity contribution in [1.29, 1.82) is 0 Å². The zero-order valence-electron chi connectivity index (χ0n) is 19.5. The molecule has 0 saturated heterocycles. The van der Waals surface area contributed by atoms with Crippen molar-refractivity contribution < 1.29 is 18.0 Å². The van der Waals surface area contributed by atoms with Gasteiger partial charge in [0, 0.05) is 18.1 Å². The maximum Gasteiger partial charge on any atom is 0.244 e. The molecule has 2 rings (SSSR count). The van der Waals surface area contributed by atoms with Crippen LogP contribution in [0.25, 0.3) is 0 Å². The number of aryl methyl sites for hydroxylation is 1. The Morgan fingerprint density at radius 3 is 2.42 bits per heavy atom. The van der Waals surface area contributed by atoms with Crippen LogP contribution in [0.15, 0.2) is 48.5 Å². The lowest BCUT2D eigenvalue weighted by Gasteiger charge is -2.32. The van der Waals surface area contributed by atoms with Crippen LogP contribution in [0, 0.1) is 6.92 Å². The van der Waals surface area contributed by atoms with Gasteiger partial charge in [0.15, 0.2) is 0 Å². The summed E-state index contributed by atoms with van der Waals surface area (Å²) in [5, 5.41) is 3.22. The molecule has 0 radical (unpaired) electrons. The van der Waals surface area contributed by atoms with Crippen molar-refractivity contribution in [1.82, 2.24) is 10.2 Å². The third-order valence-electron chi connectivity index (χ3n) is 5.37. The van der Waals surface area contributed by atoms with E-state index in [9.17, 15) is 18.0 Å². The Balaban J connectivity index is 2.36. The Kier molecular flexibility index (Phi) is 9.73. The number of nitrogens with one attached hydrogen (secondary N) is 1. The predicted octanol–water partition coefficient (Wildman–Crippen LogP) is 3.75. The number of hydrogen-bond donors (Lipinski definition) is 1. The number of hydrogen-bond acceptors (Lipinski definition) is 4. The fourth-order valence-corrected chi connectivity index (χ4v) is 4.36. The number of carbonyl (C=O) groups is 2. The molecule has 7 nitrogen and oxygen atoms in total. The second-order valence-electron chi connectivity index (χ2n) is 8.02. The van der Waals surface area contributed by atoms with E-state index in [1.54, 1.807) is 25.1 Å². The van der Waals surface area contributed by atoms with Gasteiger partial charge in [-0.25, -0.2) is 8.42 Å². The molecule has 9 heteroatoms. The van der Waals surface area contributed by atoms with Crippen LogP contribution in [0.4, 0.5) is 5.69 Å². The molecule has 2 aromatic carbocycles. The van der Waals surface area contributed by atoms with Gasteiger partial charge in [-0.15, -0.1) is 0 Å². The molecule has 0 saturated carbocycles. The lowest BCUT2D eigenvalue weighted by atomic mass is 10.1. The summed E-state index contributed by atoms with van der Waals surface area (Å²) >= 11 is 6.05. The van der Waals surface area contributed by atoms with Crippen molar-refractivity contribution in [2.75, 3.05) is 23.7 Å². The number of rotatable bonds is 11. The summed E-state index contributed by atoms with van der Waals surface area (Å²) < 4.78 is 26.1. The van der Waals surface area contributed by atoms with E-state index in [0.29, 0.717) is 11.6 Å². The first-order valence-corrected chi connectivity index (χ1v) is 13.1. The van der Waals surface area contributed by atoms with Crippen LogP contribution < -0.4 is 9.62 Å². The van der Waals surface area contributed by atoms with Gasteiger partial charge < -0.3 is 10.2 Å². The van der Waals surface area contributed by atoms with Gasteiger partial charge in [0.05, 0.1) is 11.9 Å². The molecule has 2 amide bonds. The summed E-state index contributed by atoms with van der Waals surface area (Å²) in [6, 6.07) is 13.1. The Morgan fingerprint density at radius 1 is 1.12 bits per heavy atom. The zero-order valence-corrected chi connectivity index (χ0v) is 21.1. The molecule has 0 aromatic heterocycles. The Labute approximate surface area is 201 Å². The van der Waals surface area contributed by atoms with Crippen LogP contribution in [0.1, 0.15) is 37.8 Å². The fraction of sp³-hybridized carbons (Fsp3) is 0.417. The van der Waals surface area contributed by atoms with E-state index in [4.69, 9.17) is 11.6 Å². The maximum atomic E-state index is 13.5. The molecular formula is C24H32ClN3O4S. The normalized spacial score (nSPS) is 12.2. The largest absolute Gasteiger partial charge is 0.354 e. The first-order valence-electron chi connectivity index (χ1n) is 10.9. The maximum absolute atomic E-state index is 13.5. The smallest absolute Gasteiger partial charge is 0.244 e. The van der Waals surface area contributed by atoms with Gasteiger partial charge in [-0.1, -0.05) is 55.3 Å². The van der Waals surface area contributed by atoms with Gasteiger partial charge >= 0.3 is 0 Å². The Hall–Kier alpha value is -2.58. The Morgan fingerprint density at radius 2 is 1.82 bits per heavy atom. The van der Waals surface area contributed by atoms with E-state index in [0.717, 1.165) is 34.5 Å². The summed E-state index contributed by atoms with van der Waals surface area (Å²) in [6.45, 7) is 5.86. The van der Waals surface area contributed by atoms with Gasteiger partial charge in [-0.2, -0.15) is 0 Å². The molecule has 0 aliphatic heterocycles. The van der Waals surface area contributed by atoms with E-state index in [1.165, 1.54) is 11.0 Å². The molecule has 1 atom stereocenters. The monoisotopic (exact) mass is 493 g/mol. The average Bonchev–Trinajstić information content (AvgIpc) is 2.75. The second kappa shape index (κ2) is 12.0. The molecule has 2 aromatic rings. The van der Waals surface area contributed by atoms with Gasteiger partial charge in [-0.3, -0.25) is 13.9 Å². The number of nitrogens with zero attached hydrogens (tertiary/aromatic N) is 2. The lowest BCUT2D eigenvalue weighted by Crippen LogP contribution is -2.51. The van der Waals surface area contributed by atoms with Crippen molar-refractivity contribution in [3.05, 3.63) is 64.7 Å². The number of sulfonamides is 1. The number of benzene rings is 2. The second-order valence-corrected chi connectivity index (χ2v) is 10.4. The summed E-state index contributed by atoms with van der Waals surface area (Å²) in [5.74, 6) is -0.763. The van der Waals surface area contributed by atoms with Crippen LogP contribution in [0.3, 0.4) is 0 Å². The van der Waals surface area contributed by atoms with Crippen LogP contribution in [-0.4, -0.2) is 50.5 Å². The highest BCUT2D eigenvalue weighted by Crippen LogP contribution is 2.23. The van der Waals surface area contributed by atoms with Crippen LogP contribution in [0.2, 0.25) is 5.02 Å². The van der Waals surface area contributed by atoms with Crippen molar-refractivity contribution in [3.8, 4) is 0 Å². The van der Waals surface area contributed by atoms with Gasteiger partial charge in [0.25, 0.3) is 0 Å². The number of carbonyl (C=O) groups excluding carboxylic acids is 2. The van der Waals surface area contributed by atoms with Gasteiger partial charge in [0.1, 0.15) is 12.6 Å². The molecule has 0 aliphatic carbocycles. The van der Waals surface area contributed by atoms with E-state index in [1.807, 2.05) is 38.1 Å². The van der Waals surface area contributed by atoms with Gasteiger partial charge in [0.2, 0.25) is 21.8 Å². The third kappa shape index (κ3) is 7.75. The minimum atomic E-state index is -3.78. The van der Waals surface area contributed by atoms with E-state index < -0.39 is 28.5 Å². The van der Waals surface area contributed by atoms with E-state index >= 15 is 0 Å². The standard InChI is InChI=1S/C24H32ClN3O4S/c1-5-6-14-26-24(30)19(3)27(16-20-11-8-7-10-18(20)2)23(29)17-28(33(4,31)32)22-13-9-12-21(25)15-22/h7-13,15,19H,5-6,14,16-17H2,1-4H3,(H,26,30)/t19-/m0/s1. The highest BCUT2D eigenvalue weighted by molar-refractivity contribution is 7.92. The first kappa shape index (κ1) is 26.7. The van der Waals surface area contributed by atoms with Crippen LogP contribution in [-0.2, 0) is 26.2 Å². The zero-order chi connectivity index (χ0) is 24.6. The molecule has 180 valence electrons. The van der Waals surface area contributed by atoms with Gasteiger partial charge in [-0.05, 0) is 49.6 Å². The topological polar surface area (TPSA) is 86.8 Å². The van der Waals surface area contributed by atoms with Crippen molar-refractivity contribution in [3.63, 3.8) is 0 Å². The number of anilines is 1. The summed E-state index contributed by atoms with van der Waals surface area (Å²) in [5.41, 5.74) is 2.14. The molecule has 33 heavy (non-hydrogen) atoms. The average molecular weight is 494 g/mol. The highest BCUT2D eigenvalue weighted by atomic mass is 35.5. The SMILES string of the molecule is CCCCNC(=O)[C@H](C)N(Cc1ccccc1C)C(=O)CN(c1cccc(Cl)c1)S(C)(=O)=O. The minimum absolute atomic E-state index is 0.182. The molecule has 1 N–H and O–H groups in total. The number of unbranched alkanes of at least 4 members (excludes halogenated alkanes) is 1. The fourth-order valence-electron chi connectivity index (χ4n) is 3.33. The van der Waals surface area contributed by atoms with Crippen molar-refractivity contribution in [2.45, 2.75) is 46.2 Å². The Bertz CT molecular complexity index is 1070. The lowest BCUT2D eigenvalue weighted by molar-refractivity contribution is -0.139. The van der Waals surface area contributed by atoms with Crippen molar-refractivity contribution in [2.24, 2.45) is 0 Å². The summed E-state index contributed by atoms with van der Waals surface area (Å²) in [4.78, 5) is 27.7. The molecule has 0 fully saturated rings. The quantitative estimate of drug-likeness (QED) is 0.483. The first-order chi connectivity index (χ1) is 15.5. The van der Waals surface area contributed by atoms with Crippen LogP contribution in [0.5, 0.6) is 0 Å². The third-order valence-corrected chi connectivity index (χ3v) is 6.75. The summed E-state index contributed by atoms with van der Waals surface area (Å²) in [7, 11) is -3.78. The molecule has 0 bridgehead atoms. The number of amides is 2. The molecule has 0 spiro atoms. The molecule has 0 unspecified atom stereocenters. The number of halogens is 1. The van der Waals surface area contributed by atoms with Crippen molar-refractivity contribution >= 4 is 39.1 Å². The molecular weight excluding hydrogens is 462 g/mol. The summed E-state index contributed by atoms with van der Waals surface area (Å²) in [6.07, 6.45) is 2.80. The predicted molar refractivity (Wildman–Crippen MR) is 133 cm³/mol. The van der Waals surface area contributed by atoms with E-state index in [2.05, 4.69) is 5.32 Å². The molecule has 0 heterocycles. The molecule has 0 aliphatic rings. The van der Waals surface area contributed by atoms with Crippen LogP contribution >= 0.6 is 11.6 Å². The highest BCUT2D eigenvalue weighted by Gasteiger charge is 2.30. The van der Waals surface area contributed by atoms with E-state index in [-0.39, 0.29) is 18.1 Å².